The molecule has 24 heavy (non-hydrogen) atoms. The second-order valence-electron chi connectivity index (χ2n) is 5.33. The van der Waals surface area contributed by atoms with Crippen LogP contribution in [0.3, 0.4) is 0 Å². The lowest BCUT2D eigenvalue weighted by molar-refractivity contribution is -0.383. The zero-order valence-electron chi connectivity index (χ0n) is 12.7. The van der Waals surface area contributed by atoms with E-state index in [1.165, 1.54) is 6.33 Å². The van der Waals surface area contributed by atoms with E-state index in [-0.39, 0.29) is 23.4 Å². The van der Waals surface area contributed by atoms with Crippen molar-refractivity contribution in [3.63, 3.8) is 0 Å². The molecule has 1 aromatic carbocycles. The Balaban J connectivity index is 1.82. The summed E-state index contributed by atoms with van der Waals surface area (Å²) >= 11 is 3.37. The van der Waals surface area contributed by atoms with E-state index in [0.29, 0.717) is 12.2 Å². The largest absolute Gasteiger partial charge is 0.376 e. The highest BCUT2D eigenvalue weighted by Gasteiger charge is 2.24. The van der Waals surface area contributed by atoms with Crippen LogP contribution in [0.25, 0.3) is 0 Å². The molecule has 1 aliphatic rings. The Hall–Kier alpha value is -2.26. The Morgan fingerprint density at radius 1 is 1.38 bits per heavy atom. The molecule has 0 amide bonds. The third-order valence-corrected chi connectivity index (χ3v) is 4.11. The smallest absolute Gasteiger partial charge is 0.353 e. The molecular weight excluding hydrogens is 378 g/mol. The standard InChI is InChI=1S/C15H16BrN5O3/c16-10-3-1-4-11(7-10)20-15-13(21(22)23)14(18-9-19-15)17-8-12-5-2-6-24-12/h1,3-4,7,9,12H,2,5-6,8H2,(H2,17,18,19,20). The SMILES string of the molecule is O=[N+]([O-])c1c(NCC2CCCO2)ncnc1Nc1cccc(Br)c1. The van der Waals surface area contributed by atoms with Crippen molar-refractivity contribution < 1.29 is 9.66 Å². The first-order valence-electron chi connectivity index (χ1n) is 7.51. The van der Waals surface area contributed by atoms with Crippen molar-refractivity contribution in [1.29, 1.82) is 0 Å². The van der Waals surface area contributed by atoms with E-state index in [1.54, 1.807) is 6.07 Å². The number of halogens is 1. The number of hydrogen-bond donors (Lipinski definition) is 2. The van der Waals surface area contributed by atoms with Gasteiger partial charge in [-0.05, 0) is 31.0 Å². The van der Waals surface area contributed by atoms with Gasteiger partial charge in [-0.3, -0.25) is 10.1 Å². The summed E-state index contributed by atoms with van der Waals surface area (Å²) in [6.07, 6.45) is 3.30. The third-order valence-electron chi connectivity index (χ3n) is 3.61. The van der Waals surface area contributed by atoms with Crippen molar-refractivity contribution in [3.8, 4) is 0 Å². The molecule has 1 aromatic heterocycles. The number of benzene rings is 1. The second kappa shape index (κ2) is 7.54. The van der Waals surface area contributed by atoms with E-state index in [2.05, 4.69) is 36.5 Å². The van der Waals surface area contributed by atoms with Crippen molar-refractivity contribution in [2.24, 2.45) is 0 Å². The van der Waals surface area contributed by atoms with Crippen LogP contribution in [0.1, 0.15) is 12.8 Å². The van der Waals surface area contributed by atoms with Gasteiger partial charge in [0.25, 0.3) is 0 Å². The summed E-state index contributed by atoms with van der Waals surface area (Å²) in [5.74, 6) is 0.325. The molecule has 1 aliphatic heterocycles. The van der Waals surface area contributed by atoms with Crippen LogP contribution in [0, 0.1) is 10.1 Å². The van der Waals surface area contributed by atoms with E-state index in [4.69, 9.17) is 4.74 Å². The van der Waals surface area contributed by atoms with Crippen molar-refractivity contribution in [2.45, 2.75) is 18.9 Å². The fourth-order valence-corrected chi connectivity index (χ4v) is 2.89. The minimum Gasteiger partial charge on any atom is -0.376 e. The summed E-state index contributed by atoms with van der Waals surface area (Å²) in [7, 11) is 0. The Morgan fingerprint density at radius 2 is 2.21 bits per heavy atom. The molecule has 0 radical (unpaired) electrons. The maximum atomic E-state index is 11.5. The number of nitrogens with one attached hydrogen (secondary N) is 2. The molecule has 1 unspecified atom stereocenters. The Bertz CT molecular complexity index is 737. The number of anilines is 3. The number of rotatable bonds is 6. The first kappa shape index (κ1) is 16.6. The van der Waals surface area contributed by atoms with Gasteiger partial charge in [0.2, 0.25) is 11.6 Å². The lowest BCUT2D eigenvalue weighted by Crippen LogP contribution is -2.20. The molecule has 3 rings (SSSR count). The number of aromatic nitrogens is 2. The first-order valence-corrected chi connectivity index (χ1v) is 8.30. The van der Waals surface area contributed by atoms with Crippen LogP contribution in [0.15, 0.2) is 35.1 Å². The quantitative estimate of drug-likeness (QED) is 0.571. The van der Waals surface area contributed by atoms with Gasteiger partial charge in [-0.2, -0.15) is 0 Å². The van der Waals surface area contributed by atoms with Gasteiger partial charge in [0, 0.05) is 23.3 Å². The molecule has 1 atom stereocenters. The molecule has 0 bridgehead atoms. The maximum Gasteiger partial charge on any atom is 0.353 e. The van der Waals surface area contributed by atoms with E-state index in [0.717, 1.165) is 23.9 Å². The van der Waals surface area contributed by atoms with Gasteiger partial charge in [-0.25, -0.2) is 9.97 Å². The normalized spacial score (nSPS) is 16.8. The van der Waals surface area contributed by atoms with Gasteiger partial charge >= 0.3 is 5.69 Å². The Morgan fingerprint density at radius 3 is 2.92 bits per heavy atom. The molecule has 1 fully saturated rings. The number of nitrogens with zero attached hydrogens (tertiary/aromatic N) is 3. The minimum absolute atomic E-state index is 0.0565. The lowest BCUT2D eigenvalue weighted by Gasteiger charge is -2.13. The summed E-state index contributed by atoms with van der Waals surface area (Å²) in [6.45, 7) is 1.21. The van der Waals surface area contributed by atoms with Crippen molar-refractivity contribution in [2.75, 3.05) is 23.8 Å². The van der Waals surface area contributed by atoms with Crippen LogP contribution in [-0.2, 0) is 4.74 Å². The highest BCUT2D eigenvalue weighted by Crippen LogP contribution is 2.31. The van der Waals surface area contributed by atoms with Gasteiger partial charge in [0.15, 0.2) is 0 Å². The second-order valence-corrected chi connectivity index (χ2v) is 6.24. The van der Waals surface area contributed by atoms with E-state index < -0.39 is 4.92 Å². The molecule has 8 nitrogen and oxygen atoms in total. The molecule has 2 aromatic rings. The topological polar surface area (TPSA) is 102 Å². The third kappa shape index (κ3) is 3.98. The van der Waals surface area contributed by atoms with Gasteiger partial charge in [-0.1, -0.05) is 22.0 Å². The highest BCUT2D eigenvalue weighted by molar-refractivity contribution is 9.10. The number of ether oxygens (including phenoxy) is 1. The van der Waals surface area contributed by atoms with Crippen LogP contribution in [0.2, 0.25) is 0 Å². The molecular formula is C15H16BrN5O3. The van der Waals surface area contributed by atoms with Gasteiger partial charge in [0.1, 0.15) is 6.33 Å². The fourth-order valence-electron chi connectivity index (χ4n) is 2.49. The predicted molar refractivity (Wildman–Crippen MR) is 93.6 cm³/mol. The van der Waals surface area contributed by atoms with Crippen molar-refractivity contribution >= 4 is 38.9 Å². The molecule has 9 heteroatoms. The molecule has 0 aliphatic carbocycles. The summed E-state index contributed by atoms with van der Waals surface area (Å²) in [4.78, 5) is 19.0. The average molecular weight is 394 g/mol. The Labute approximate surface area is 146 Å². The van der Waals surface area contributed by atoms with Crippen molar-refractivity contribution in [3.05, 3.63) is 45.2 Å². The van der Waals surface area contributed by atoms with Crippen LogP contribution < -0.4 is 10.6 Å². The zero-order chi connectivity index (χ0) is 16.9. The number of hydrogen-bond acceptors (Lipinski definition) is 7. The lowest BCUT2D eigenvalue weighted by atomic mass is 10.2. The fraction of sp³-hybridized carbons (Fsp3) is 0.333. The minimum atomic E-state index is -0.488. The van der Waals surface area contributed by atoms with E-state index in [9.17, 15) is 10.1 Å². The summed E-state index contributed by atoms with van der Waals surface area (Å²) in [6, 6.07) is 7.31. The molecule has 0 spiro atoms. The molecule has 126 valence electrons. The predicted octanol–water partition coefficient (Wildman–Crippen LogP) is 3.48. The average Bonchev–Trinajstić information content (AvgIpc) is 3.06. The summed E-state index contributed by atoms with van der Waals surface area (Å²) < 4.78 is 6.38. The molecule has 2 N–H and O–H groups in total. The monoisotopic (exact) mass is 393 g/mol. The first-order chi connectivity index (χ1) is 11.6. The highest BCUT2D eigenvalue weighted by atomic mass is 79.9. The van der Waals surface area contributed by atoms with Gasteiger partial charge in [0.05, 0.1) is 11.0 Å². The van der Waals surface area contributed by atoms with E-state index >= 15 is 0 Å². The molecule has 1 saturated heterocycles. The zero-order valence-corrected chi connectivity index (χ0v) is 14.3. The van der Waals surface area contributed by atoms with Crippen LogP contribution in [0.5, 0.6) is 0 Å². The maximum absolute atomic E-state index is 11.5. The summed E-state index contributed by atoms with van der Waals surface area (Å²) in [5.41, 5.74) is 0.506. The molecule has 2 heterocycles. The van der Waals surface area contributed by atoms with Gasteiger partial charge < -0.3 is 15.4 Å². The van der Waals surface area contributed by atoms with Crippen LogP contribution in [0.4, 0.5) is 23.0 Å². The van der Waals surface area contributed by atoms with Crippen LogP contribution >= 0.6 is 15.9 Å². The van der Waals surface area contributed by atoms with E-state index in [1.807, 2.05) is 18.2 Å². The van der Waals surface area contributed by atoms with Gasteiger partial charge in [-0.15, -0.1) is 0 Å². The van der Waals surface area contributed by atoms with Crippen LogP contribution in [-0.4, -0.2) is 34.1 Å². The molecule has 0 saturated carbocycles. The van der Waals surface area contributed by atoms with Crippen molar-refractivity contribution in [1.82, 2.24) is 9.97 Å². The summed E-state index contributed by atoms with van der Waals surface area (Å²) in [5, 5.41) is 17.5. The number of nitro groups is 1. The Kier molecular flexibility index (Phi) is 5.21.